The van der Waals surface area contributed by atoms with E-state index in [0.717, 1.165) is 22.3 Å². The largest absolute Gasteiger partial charge is 0.360 e. The van der Waals surface area contributed by atoms with Crippen LogP contribution in [0.2, 0.25) is 5.02 Å². The molecule has 0 fully saturated rings. The minimum Gasteiger partial charge on any atom is -0.360 e. The molecule has 5 aromatic rings. The molecule has 2 N–H and O–H groups in total. The van der Waals surface area contributed by atoms with Gasteiger partial charge in [-0.2, -0.15) is 5.21 Å². The maximum absolute atomic E-state index is 13.3. The van der Waals surface area contributed by atoms with E-state index in [2.05, 4.69) is 31.1 Å². The van der Waals surface area contributed by atoms with Crippen LogP contribution in [-0.2, 0) is 6.42 Å². The SMILES string of the molecule is O=C(NC(c1ccc(-c2nn[nH]n2)cc1)c1cccc(Cl)c1)c1cnoc1Cc1ccccc1. The second kappa shape index (κ2) is 9.68. The lowest BCUT2D eigenvalue weighted by molar-refractivity contribution is 0.0941. The van der Waals surface area contributed by atoms with Crippen molar-refractivity contribution in [2.45, 2.75) is 12.5 Å². The zero-order valence-corrected chi connectivity index (χ0v) is 18.6. The highest BCUT2D eigenvalue weighted by atomic mass is 35.5. The third kappa shape index (κ3) is 4.72. The number of carbonyl (C=O) groups is 1. The maximum atomic E-state index is 13.3. The van der Waals surface area contributed by atoms with Gasteiger partial charge in [-0.25, -0.2) is 0 Å². The molecule has 0 aliphatic carbocycles. The summed E-state index contributed by atoms with van der Waals surface area (Å²) in [7, 11) is 0. The topological polar surface area (TPSA) is 110 Å². The predicted octanol–water partition coefficient (Wildman–Crippen LogP) is 4.62. The molecule has 1 unspecified atom stereocenters. The highest BCUT2D eigenvalue weighted by molar-refractivity contribution is 6.30. The molecule has 2 heterocycles. The Bertz CT molecular complexity index is 1380. The second-order valence-electron chi connectivity index (χ2n) is 7.64. The average Bonchev–Trinajstić information content (AvgIpc) is 3.56. The molecular weight excluding hydrogens is 452 g/mol. The Balaban J connectivity index is 1.44. The number of hydrogen-bond donors (Lipinski definition) is 2. The van der Waals surface area contributed by atoms with Crippen molar-refractivity contribution in [2.24, 2.45) is 0 Å². The van der Waals surface area contributed by atoms with Crippen LogP contribution in [0.5, 0.6) is 0 Å². The van der Waals surface area contributed by atoms with Gasteiger partial charge in [0.1, 0.15) is 5.56 Å². The summed E-state index contributed by atoms with van der Waals surface area (Å²) in [6.07, 6.45) is 1.91. The van der Waals surface area contributed by atoms with E-state index in [0.29, 0.717) is 28.6 Å². The van der Waals surface area contributed by atoms with Gasteiger partial charge in [-0.1, -0.05) is 83.5 Å². The summed E-state index contributed by atoms with van der Waals surface area (Å²) in [5.74, 6) is 0.699. The Hall–Kier alpha value is -4.30. The molecular formula is C25H19ClN6O2. The number of H-pyrrole nitrogens is 1. The highest BCUT2D eigenvalue weighted by Crippen LogP contribution is 2.27. The van der Waals surface area contributed by atoms with Crippen LogP contribution >= 0.6 is 11.6 Å². The van der Waals surface area contributed by atoms with Crippen LogP contribution < -0.4 is 5.32 Å². The summed E-state index contributed by atoms with van der Waals surface area (Å²) >= 11 is 6.26. The first kappa shape index (κ1) is 21.5. The van der Waals surface area contributed by atoms with E-state index in [4.69, 9.17) is 16.1 Å². The number of hydrogen-bond acceptors (Lipinski definition) is 6. The minimum atomic E-state index is -0.454. The number of tetrazole rings is 1. The van der Waals surface area contributed by atoms with Gasteiger partial charge < -0.3 is 9.84 Å². The van der Waals surface area contributed by atoms with Gasteiger partial charge >= 0.3 is 0 Å². The van der Waals surface area contributed by atoms with Gasteiger partial charge in [-0.3, -0.25) is 4.79 Å². The third-order valence-electron chi connectivity index (χ3n) is 5.40. The number of benzene rings is 3. The molecule has 2 aromatic heterocycles. The molecule has 34 heavy (non-hydrogen) atoms. The van der Waals surface area contributed by atoms with Crippen LogP contribution in [0.15, 0.2) is 89.6 Å². The molecule has 9 heteroatoms. The van der Waals surface area contributed by atoms with Crippen LogP contribution in [0.3, 0.4) is 0 Å². The molecule has 168 valence electrons. The van der Waals surface area contributed by atoms with Crippen LogP contribution in [0.25, 0.3) is 11.4 Å². The Kier molecular flexibility index (Phi) is 6.13. The zero-order chi connectivity index (χ0) is 23.3. The smallest absolute Gasteiger partial charge is 0.257 e. The number of halogens is 1. The average molecular weight is 471 g/mol. The molecule has 3 aromatic carbocycles. The molecule has 0 saturated heterocycles. The van der Waals surface area contributed by atoms with Crippen molar-refractivity contribution in [3.63, 3.8) is 0 Å². The van der Waals surface area contributed by atoms with Crippen molar-refractivity contribution in [2.75, 3.05) is 0 Å². The molecule has 1 amide bonds. The molecule has 0 radical (unpaired) electrons. The van der Waals surface area contributed by atoms with E-state index in [1.165, 1.54) is 6.20 Å². The minimum absolute atomic E-state index is 0.292. The third-order valence-corrected chi connectivity index (χ3v) is 5.64. The molecule has 0 aliphatic rings. The number of nitrogens with zero attached hydrogens (tertiary/aromatic N) is 4. The van der Waals surface area contributed by atoms with Crippen molar-refractivity contribution < 1.29 is 9.32 Å². The summed E-state index contributed by atoms with van der Waals surface area (Å²) < 4.78 is 5.40. The number of aromatic nitrogens is 5. The van der Waals surface area contributed by atoms with Gasteiger partial charge in [-0.05, 0) is 34.0 Å². The van der Waals surface area contributed by atoms with Crippen molar-refractivity contribution in [1.82, 2.24) is 31.1 Å². The monoisotopic (exact) mass is 470 g/mol. The van der Waals surface area contributed by atoms with Crippen LogP contribution in [0.1, 0.15) is 38.9 Å². The number of rotatable bonds is 7. The van der Waals surface area contributed by atoms with Gasteiger partial charge in [-0.15, -0.1) is 10.2 Å². The van der Waals surface area contributed by atoms with Gasteiger partial charge in [0.05, 0.1) is 12.2 Å². The number of amides is 1. The summed E-state index contributed by atoms with van der Waals surface area (Å²) in [6.45, 7) is 0. The van der Waals surface area contributed by atoms with Crippen molar-refractivity contribution in [3.8, 4) is 11.4 Å². The Morgan fingerprint density at radius 3 is 2.56 bits per heavy atom. The first-order chi connectivity index (χ1) is 16.7. The molecule has 0 bridgehead atoms. The van der Waals surface area contributed by atoms with E-state index in [9.17, 15) is 4.79 Å². The van der Waals surface area contributed by atoms with Crippen LogP contribution in [0.4, 0.5) is 0 Å². The molecule has 1 atom stereocenters. The normalized spacial score (nSPS) is 11.8. The Labute approximate surface area is 200 Å². The van der Waals surface area contributed by atoms with Crippen molar-refractivity contribution >= 4 is 17.5 Å². The van der Waals surface area contributed by atoms with Crippen LogP contribution in [0, 0.1) is 0 Å². The van der Waals surface area contributed by atoms with Crippen LogP contribution in [-0.4, -0.2) is 31.7 Å². The fourth-order valence-electron chi connectivity index (χ4n) is 3.72. The second-order valence-corrected chi connectivity index (χ2v) is 8.08. The van der Waals surface area contributed by atoms with E-state index >= 15 is 0 Å². The molecule has 8 nitrogen and oxygen atoms in total. The number of nitrogens with one attached hydrogen (secondary N) is 2. The molecule has 0 saturated carbocycles. The predicted molar refractivity (Wildman–Crippen MR) is 126 cm³/mol. The first-order valence-corrected chi connectivity index (χ1v) is 10.9. The Morgan fingerprint density at radius 1 is 1.00 bits per heavy atom. The summed E-state index contributed by atoms with van der Waals surface area (Å²) in [5, 5.41) is 21.6. The lowest BCUT2D eigenvalue weighted by atomic mass is 9.97. The highest BCUT2D eigenvalue weighted by Gasteiger charge is 2.22. The van der Waals surface area contributed by atoms with Gasteiger partial charge in [0.15, 0.2) is 5.76 Å². The molecule has 0 spiro atoms. The lowest BCUT2D eigenvalue weighted by Gasteiger charge is -2.20. The lowest BCUT2D eigenvalue weighted by Crippen LogP contribution is -2.29. The van der Waals surface area contributed by atoms with Gasteiger partial charge in [0.25, 0.3) is 5.91 Å². The fraction of sp³-hybridized carbons (Fsp3) is 0.0800. The van der Waals surface area contributed by atoms with E-state index < -0.39 is 6.04 Å². The van der Waals surface area contributed by atoms with E-state index in [1.54, 1.807) is 6.07 Å². The van der Waals surface area contributed by atoms with Crippen molar-refractivity contribution in [1.29, 1.82) is 0 Å². The molecule has 0 aliphatic heterocycles. The maximum Gasteiger partial charge on any atom is 0.257 e. The quantitative estimate of drug-likeness (QED) is 0.359. The van der Waals surface area contributed by atoms with Gasteiger partial charge in [0, 0.05) is 17.0 Å². The van der Waals surface area contributed by atoms with Gasteiger partial charge in [0.2, 0.25) is 5.82 Å². The summed E-state index contributed by atoms with van der Waals surface area (Å²) in [5.41, 5.74) is 3.92. The number of aromatic amines is 1. The zero-order valence-electron chi connectivity index (χ0n) is 17.9. The first-order valence-electron chi connectivity index (χ1n) is 10.5. The van der Waals surface area contributed by atoms with E-state index in [1.807, 2.05) is 72.8 Å². The summed E-state index contributed by atoms with van der Waals surface area (Å²) in [4.78, 5) is 13.3. The standard InChI is InChI=1S/C25H19ClN6O2/c26-20-8-4-7-19(14-20)23(17-9-11-18(12-10-17)24-29-31-32-30-24)28-25(33)21-15-27-34-22(21)13-16-5-2-1-3-6-16/h1-12,14-15,23H,13H2,(H,28,33)(H,29,30,31,32). The van der Waals surface area contributed by atoms with Crippen molar-refractivity contribution in [3.05, 3.63) is 118 Å². The summed E-state index contributed by atoms with van der Waals surface area (Å²) in [6, 6.07) is 24.3. The molecule has 5 rings (SSSR count). The fourth-order valence-corrected chi connectivity index (χ4v) is 3.92. The number of carbonyl (C=O) groups excluding carboxylic acids is 1. The van der Waals surface area contributed by atoms with E-state index in [-0.39, 0.29) is 5.91 Å². The Morgan fingerprint density at radius 2 is 1.82 bits per heavy atom.